The molecule has 1 saturated carbocycles. The quantitative estimate of drug-likeness (QED) is 0.730. The number of hydrogen-bond donors (Lipinski definition) is 0. The van der Waals surface area contributed by atoms with Gasteiger partial charge in [0.05, 0.1) is 25.7 Å². The Hall–Kier alpha value is -1.35. The van der Waals surface area contributed by atoms with Gasteiger partial charge in [-0.2, -0.15) is 0 Å². The van der Waals surface area contributed by atoms with E-state index in [0.717, 1.165) is 6.42 Å². The molecule has 0 aromatic heterocycles. The van der Waals surface area contributed by atoms with E-state index in [1.165, 1.54) is 18.2 Å². The van der Waals surface area contributed by atoms with Crippen LogP contribution in [0.4, 0.5) is 0 Å². The zero-order chi connectivity index (χ0) is 12.0. The summed E-state index contributed by atoms with van der Waals surface area (Å²) in [6.45, 7) is 2.71. The number of carbonyl (C=O) groups is 1. The molecule has 4 rings (SSSR count). The minimum Gasteiger partial charge on any atom is -0.469 e. The molecule has 0 spiro atoms. The Balaban J connectivity index is 1.99. The summed E-state index contributed by atoms with van der Waals surface area (Å²) < 4.78 is 10.6. The van der Waals surface area contributed by atoms with E-state index in [1.807, 2.05) is 6.07 Å². The van der Waals surface area contributed by atoms with Crippen LogP contribution in [0.25, 0.3) is 0 Å². The zero-order valence-electron chi connectivity index (χ0n) is 10.1. The lowest BCUT2D eigenvalue weighted by Crippen LogP contribution is -2.52. The predicted molar refractivity (Wildman–Crippen MR) is 62.7 cm³/mol. The van der Waals surface area contributed by atoms with Crippen molar-refractivity contribution in [3.63, 3.8) is 0 Å². The number of esters is 1. The summed E-state index contributed by atoms with van der Waals surface area (Å²) in [5.74, 6) is -0.255. The Morgan fingerprint density at radius 1 is 1.53 bits per heavy atom. The molecule has 1 aromatic rings. The summed E-state index contributed by atoms with van der Waals surface area (Å²) in [7, 11) is 1.45. The van der Waals surface area contributed by atoms with Gasteiger partial charge >= 0.3 is 5.97 Å². The highest BCUT2D eigenvalue weighted by Crippen LogP contribution is 2.56. The first-order valence-corrected chi connectivity index (χ1v) is 5.94. The minimum absolute atomic E-state index is 0.0583. The molecule has 1 aromatic carbocycles. The maximum atomic E-state index is 11.8. The van der Waals surface area contributed by atoms with Crippen LogP contribution >= 0.6 is 0 Å². The van der Waals surface area contributed by atoms with Gasteiger partial charge in [-0.15, -0.1) is 0 Å². The molecule has 2 heterocycles. The number of hydrogen-bond acceptors (Lipinski definition) is 3. The van der Waals surface area contributed by atoms with E-state index in [-0.39, 0.29) is 23.4 Å². The van der Waals surface area contributed by atoms with Crippen LogP contribution in [-0.2, 0) is 19.7 Å². The van der Waals surface area contributed by atoms with E-state index >= 15 is 0 Å². The Morgan fingerprint density at radius 2 is 2.35 bits per heavy atom. The fourth-order valence-corrected chi connectivity index (χ4v) is 3.20. The lowest BCUT2D eigenvalue weighted by molar-refractivity contribution is -0.154. The van der Waals surface area contributed by atoms with Gasteiger partial charge in [-0.3, -0.25) is 4.79 Å². The van der Waals surface area contributed by atoms with Crippen LogP contribution in [0.3, 0.4) is 0 Å². The predicted octanol–water partition coefficient (Wildman–Crippen LogP) is 1.82. The number of benzene rings is 1. The van der Waals surface area contributed by atoms with E-state index < -0.39 is 0 Å². The lowest BCUT2D eigenvalue weighted by atomic mass is 9.57. The van der Waals surface area contributed by atoms with Crippen molar-refractivity contribution in [2.45, 2.75) is 24.9 Å². The molecule has 0 unspecified atom stereocenters. The molecule has 2 saturated heterocycles. The fraction of sp³-hybridized carbons (Fsp3) is 0.500. The summed E-state index contributed by atoms with van der Waals surface area (Å²) in [6, 6.07) is 8.35. The monoisotopic (exact) mass is 232 g/mol. The smallest absolute Gasteiger partial charge is 0.312 e. The molecule has 90 valence electrons. The largest absolute Gasteiger partial charge is 0.469 e. The summed E-state index contributed by atoms with van der Waals surface area (Å²) in [5, 5.41) is 0. The van der Waals surface area contributed by atoms with Crippen LogP contribution in [-0.4, -0.2) is 25.8 Å². The molecule has 3 atom stereocenters. The lowest BCUT2D eigenvalue weighted by Gasteiger charge is -2.43. The van der Waals surface area contributed by atoms with Crippen LogP contribution in [0.1, 0.15) is 17.5 Å². The molecule has 1 aliphatic carbocycles. The highest BCUT2D eigenvalue weighted by atomic mass is 16.5. The van der Waals surface area contributed by atoms with Gasteiger partial charge in [0.25, 0.3) is 0 Å². The summed E-state index contributed by atoms with van der Waals surface area (Å²) >= 11 is 0. The SMILES string of the molecule is COC(=O)[C@@H]1[C@H]2C[C@]1(c1cccc(C)c1)CO2. The third-order valence-electron chi connectivity index (χ3n) is 4.14. The van der Waals surface area contributed by atoms with Crippen molar-refractivity contribution in [2.24, 2.45) is 5.92 Å². The van der Waals surface area contributed by atoms with Crippen LogP contribution in [0.15, 0.2) is 24.3 Å². The van der Waals surface area contributed by atoms with Crippen LogP contribution in [0.2, 0.25) is 0 Å². The van der Waals surface area contributed by atoms with Crippen LogP contribution < -0.4 is 0 Å². The van der Waals surface area contributed by atoms with Gasteiger partial charge in [0.1, 0.15) is 0 Å². The van der Waals surface area contributed by atoms with Gasteiger partial charge < -0.3 is 9.47 Å². The summed E-state index contributed by atoms with van der Waals surface area (Å²) in [4.78, 5) is 11.8. The van der Waals surface area contributed by atoms with Crippen LogP contribution in [0, 0.1) is 12.8 Å². The first-order chi connectivity index (χ1) is 8.17. The van der Waals surface area contributed by atoms with Crippen molar-refractivity contribution in [3.8, 4) is 0 Å². The van der Waals surface area contributed by atoms with Gasteiger partial charge in [0.2, 0.25) is 0 Å². The zero-order valence-corrected chi connectivity index (χ0v) is 10.1. The Kier molecular flexibility index (Phi) is 2.26. The second kappa shape index (κ2) is 3.57. The van der Waals surface area contributed by atoms with Gasteiger partial charge in [-0.25, -0.2) is 0 Å². The van der Waals surface area contributed by atoms with Crippen LogP contribution in [0.5, 0.6) is 0 Å². The second-order valence-electron chi connectivity index (χ2n) is 5.08. The number of ether oxygens (including phenoxy) is 2. The topological polar surface area (TPSA) is 35.5 Å². The van der Waals surface area contributed by atoms with Gasteiger partial charge in [-0.05, 0) is 18.9 Å². The van der Waals surface area contributed by atoms with Crippen molar-refractivity contribution in [2.75, 3.05) is 13.7 Å². The van der Waals surface area contributed by atoms with Crippen molar-refractivity contribution >= 4 is 5.97 Å². The third-order valence-corrected chi connectivity index (χ3v) is 4.14. The number of methoxy groups -OCH3 is 1. The molecule has 0 amide bonds. The van der Waals surface area contributed by atoms with E-state index in [2.05, 4.69) is 25.1 Å². The molecular weight excluding hydrogens is 216 g/mol. The van der Waals surface area contributed by atoms with E-state index in [1.54, 1.807) is 0 Å². The van der Waals surface area contributed by atoms with Crippen molar-refractivity contribution in [1.29, 1.82) is 0 Å². The number of aryl methyl sites for hydroxylation is 1. The number of carbonyl (C=O) groups excluding carboxylic acids is 1. The van der Waals surface area contributed by atoms with E-state index in [0.29, 0.717) is 6.61 Å². The molecule has 3 fully saturated rings. The summed E-state index contributed by atoms with van der Waals surface area (Å²) in [6.07, 6.45) is 0.999. The molecule has 3 nitrogen and oxygen atoms in total. The molecule has 3 heteroatoms. The summed E-state index contributed by atoms with van der Waals surface area (Å²) in [5.41, 5.74) is 2.29. The Morgan fingerprint density at radius 3 is 3.00 bits per heavy atom. The van der Waals surface area contributed by atoms with Gasteiger partial charge in [-0.1, -0.05) is 29.8 Å². The normalized spacial score (nSPS) is 34.2. The van der Waals surface area contributed by atoms with E-state index in [9.17, 15) is 4.79 Å². The first kappa shape index (κ1) is 10.8. The maximum Gasteiger partial charge on any atom is 0.312 e. The van der Waals surface area contributed by atoms with Gasteiger partial charge in [0, 0.05) is 5.41 Å². The van der Waals surface area contributed by atoms with Crippen molar-refractivity contribution in [1.82, 2.24) is 0 Å². The average Bonchev–Trinajstić information content (AvgIpc) is 2.88. The third kappa shape index (κ3) is 1.35. The fourth-order valence-electron chi connectivity index (χ4n) is 3.20. The average molecular weight is 232 g/mol. The molecule has 3 aliphatic rings. The maximum absolute atomic E-state index is 11.8. The van der Waals surface area contributed by atoms with Gasteiger partial charge in [0.15, 0.2) is 0 Å². The molecule has 2 aliphatic heterocycles. The van der Waals surface area contributed by atoms with Crippen molar-refractivity contribution < 1.29 is 14.3 Å². The highest BCUT2D eigenvalue weighted by molar-refractivity contribution is 5.78. The Labute approximate surface area is 101 Å². The van der Waals surface area contributed by atoms with E-state index in [4.69, 9.17) is 9.47 Å². The Bertz CT molecular complexity index is 464. The number of rotatable bonds is 2. The second-order valence-corrected chi connectivity index (χ2v) is 5.08. The molecular formula is C14H16O3. The highest BCUT2D eigenvalue weighted by Gasteiger charge is 2.65. The molecule has 0 radical (unpaired) electrons. The van der Waals surface area contributed by atoms with Crippen molar-refractivity contribution in [3.05, 3.63) is 35.4 Å². The molecule has 0 N–H and O–H groups in total. The number of fused-ring (bicyclic) bond motifs is 1. The first-order valence-electron chi connectivity index (χ1n) is 5.94. The molecule has 2 bridgehead atoms. The standard InChI is InChI=1S/C14H16O3/c1-9-4-3-5-10(6-9)14-7-11(17-8-14)12(14)13(15)16-2/h3-6,11-12H,7-8H2,1-2H3/t11-,12+,14-/m1/s1. The molecule has 17 heavy (non-hydrogen) atoms. The minimum atomic E-state index is -0.139.